The van der Waals surface area contributed by atoms with E-state index < -0.39 is 0 Å². The van der Waals surface area contributed by atoms with Gasteiger partial charge in [-0.15, -0.1) is 0 Å². The molecule has 3 nitrogen and oxygen atoms in total. The zero-order chi connectivity index (χ0) is 11.1. The number of hydrogen-bond acceptors (Lipinski definition) is 3. The minimum atomic E-state index is 0.517. The molecule has 0 amide bonds. The maximum absolute atomic E-state index is 4.63. The Bertz CT molecular complexity index is 439. The van der Waals surface area contributed by atoms with E-state index in [1.165, 1.54) is 11.4 Å². The van der Waals surface area contributed by atoms with Gasteiger partial charge in [-0.2, -0.15) is 0 Å². The highest BCUT2D eigenvalue weighted by Crippen LogP contribution is 2.39. The second-order valence-corrected chi connectivity index (χ2v) is 4.45. The molecule has 0 fully saturated rings. The van der Waals surface area contributed by atoms with Crippen LogP contribution in [-0.2, 0) is 0 Å². The summed E-state index contributed by atoms with van der Waals surface area (Å²) in [7, 11) is 0. The van der Waals surface area contributed by atoms with Crippen molar-refractivity contribution < 1.29 is 0 Å². The quantitative estimate of drug-likeness (QED) is 0.754. The van der Waals surface area contributed by atoms with Crippen molar-refractivity contribution in [2.75, 3.05) is 22.9 Å². The Hall–Kier alpha value is -1.51. The van der Waals surface area contributed by atoms with Crippen molar-refractivity contribution in [3.63, 3.8) is 0 Å². The predicted octanol–water partition coefficient (Wildman–Crippen LogP) is 2.48. The number of benzene rings is 1. The number of fused-ring (bicyclic) bond motifs is 3. The van der Waals surface area contributed by atoms with Gasteiger partial charge in [0.1, 0.15) is 0 Å². The van der Waals surface area contributed by atoms with Crippen LogP contribution >= 0.6 is 0 Å². The molecule has 1 aromatic rings. The standard InChI is InChI=1S/C13H17N3/c1-3-10(2)16-12-7-5-4-6-11(12)15-9-8-14-13(15)16/h4-7,10H,3,8-9H2,1-2H3. The van der Waals surface area contributed by atoms with Crippen molar-refractivity contribution in [2.24, 2.45) is 4.99 Å². The number of rotatable bonds is 2. The number of aliphatic imine (C=N–C) groups is 1. The van der Waals surface area contributed by atoms with Gasteiger partial charge in [-0.3, -0.25) is 4.99 Å². The Balaban J connectivity index is 2.10. The molecule has 0 aliphatic carbocycles. The van der Waals surface area contributed by atoms with Gasteiger partial charge in [-0.05, 0) is 25.5 Å². The Morgan fingerprint density at radius 3 is 2.81 bits per heavy atom. The third kappa shape index (κ3) is 1.17. The molecule has 1 atom stereocenters. The summed E-state index contributed by atoms with van der Waals surface area (Å²) in [5.74, 6) is 1.15. The first-order valence-electron chi connectivity index (χ1n) is 6.03. The molecule has 0 N–H and O–H groups in total. The topological polar surface area (TPSA) is 18.8 Å². The van der Waals surface area contributed by atoms with Crippen LogP contribution in [0, 0.1) is 0 Å². The Morgan fingerprint density at radius 2 is 2.06 bits per heavy atom. The maximum Gasteiger partial charge on any atom is 0.206 e. The van der Waals surface area contributed by atoms with Crippen molar-refractivity contribution >= 4 is 17.3 Å². The molecular formula is C13H17N3. The number of anilines is 2. The molecule has 0 spiro atoms. The largest absolute Gasteiger partial charge is 0.308 e. The zero-order valence-electron chi connectivity index (χ0n) is 9.85. The van der Waals surface area contributed by atoms with Gasteiger partial charge in [0.2, 0.25) is 5.96 Å². The van der Waals surface area contributed by atoms with Crippen LogP contribution in [0.1, 0.15) is 20.3 Å². The SMILES string of the molecule is CCC(C)N1C2=NCCN2c2ccccc21. The molecular weight excluding hydrogens is 198 g/mol. The van der Waals surface area contributed by atoms with E-state index in [9.17, 15) is 0 Å². The van der Waals surface area contributed by atoms with Crippen LogP contribution in [0.25, 0.3) is 0 Å². The lowest BCUT2D eigenvalue weighted by Gasteiger charge is -2.25. The van der Waals surface area contributed by atoms with Crippen LogP contribution in [-0.4, -0.2) is 25.1 Å². The fourth-order valence-corrected chi connectivity index (χ4v) is 2.49. The molecule has 84 valence electrons. The summed E-state index contributed by atoms with van der Waals surface area (Å²) in [6.07, 6.45) is 1.14. The molecule has 2 aliphatic heterocycles. The smallest absolute Gasteiger partial charge is 0.206 e. The van der Waals surface area contributed by atoms with Crippen LogP contribution in [0.2, 0.25) is 0 Å². The highest BCUT2D eigenvalue weighted by atomic mass is 15.5. The molecule has 2 heterocycles. The maximum atomic E-state index is 4.63. The van der Waals surface area contributed by atoms with Gasteiger partial charge in [-0.25, -0.2) is 0 Å². The summed E-state index contributed by atoms with van der Waals surface area (Å²) < 4.78 is 0. The van der Waals surface area contributed by atoms with E-state index >= 15 is 0 Å². The average molecular weight is 215 g/mol. The second kappa shape index (κ2) is 3.51. The van der Waals surface area contributed by atoms with E-state index in [1.54, 1.807) is 0 Å². The van der Waals surface area contributed by atoms with Crippen molar-refractivity contribution in [3.05, 3.63) is 24.3 Å². The van der Waals surface area contributed by atoms with Crippen LogP contribution in [0.3, 0.4) is 0 Å². The van der Waals surface area contributed by atoms with Crippen LogP contribution in [0.5, 0.6) is 0 Å². The lowest BCUT2D eigenvalue weighted by Crippen LogP contribution is -2.40. The molecule has 1 aromatic carbocycles. The normalized spacial score (nSPS) is 19.5. The summed E-state index contributed by atoms with van der Waals surface area (Å²) in [6.45, 7) is 6.45. The van der Waals surface area contributed by atoms with Gasteiger partial charge in [-0.1, -0.05) is 19.1 Å². The summed E-state index contributed by atoms with van der Waals surface area (Å²) in [5.41, 5.74) is 2.63. The molecule has 3 heteroatoms. The van der Waals surface area contributed by atoms with Gasteiger partial charge >= 0.3 is 0 Å². The van der Waals surface area contributed by atoms with E-state index in [1.807, 2.05) is 0 Å². The molecule has 2 aliphatic rings. The molecule has 0 bridgehead atoms. The monoisotopic (exact) mass is 215 g/mol. The van der Waals surface area contributed by atoms with E-state index in [2.05, 4.69) is 52.9 Å². The molecule has 1 unspecified atom stereocenters. The highest BCUT2D eigenvalue weighted by Gasteiger charge is 2.36. The zero-order valence-corrected chi connectivity index (χ0v) is 9.85. The predicted molar refractivity (Wildman–Crippen MR) is 68.3 cm³/mol. The summed E-state index contributed by atoms with van der Waals surface area (Å²) in [5, 5.41) is 0. The molecule has 0 aromatic heterocycles. The Kier molecular flexibility index (Phi) is 2.13. The summed E-state index contributed by atoms with van der Waals surface area (Å²) in [6, 6.07) is 9.12. The Labute approximate surface area is 96.4 Å². The van der Waals surface area contributed by atoms with Crippen molar-refractivity contribution in [3.8, 4) is 0 Å². The molecule has 16 heavy (non-hydrogen) atoms. The van der Waals surface area contributed by atoms with Crippen LogP contribution in [0.4, 0.5) is 11.4 Å². The molecule has 0 radical (unpaired) electrons. The van der Waals surface area contributed by atoms with Gasteiger partial charge in [0.25, 0.3) is 0 Å². The van der Waals surface area contributed by atoms with Crippen molar-refractivity contribution in [1.82, 2.24) is 0 Å². The second-order valence-electron chi connectivity index (χ2n) is 4.45. The minimum Gasteiger partial charge on any atom is -0.308 e. The lowest BCUT2D eigenvalue weighted by molar-refractivity contribution is 0.703. The first-order valence-corrected chi connectivity index (χ1v) is 6.03. The van der Waals surface area contributed by atoms with Gasteiger partial charge in [0.05, 0.1) is 17.9 Å². The molecule has 0 saturated heterocycles. The van der Waals surface area contributed by atoms with Crippen LogP contribution < -0.4 is 9.80 Å². The van der Waals surface area contributed by atoms with Gasteiger partial charge < -0.3 is 9.80 Å². The average Bonchev–Trinajstić information content (AvgIpc) is 2.87. The minimum absolute atomic E-state index is 0.517. The molecule has 3 rings (SSSR count). The first-order chi connectivity index (χ1) is 7.83. The summed E-state index contributed by atoms with van der Waals surface area (Å²) in [4.78, 5) is 9.34. The van der Waals surface area contributed by atoms with Gasteiger partial charge in [0.15, 0.2) is 0 Å². The highest BCUT2D eigenvalue weighted by molar-refractivity contribution is 6.17. The first kappa shape index (κ1) is 9.70. The summed E-state index contributed by atoms with van der Waals surface area (Å²) >= 11 is 0. The van der Waals surface area contributed by atoms with E-state index in [4.69, 9.17) is 0 Å². The van der Waals surface area contributed by atoms with Gasteiger partial charge in [0, 0.05) is 12.6 Å². The Morgan fingerprint density at radius 1 is 1.31 bits per heavy atom. The fraction of sp³-hybridized carbons (Fsp3) is 0.462. The third-order valence-corrected chi connectivity index (χ3v) is 3.50. The fourth-order valence-electron chi connectivity index (χ4n) is 2.49. The third-order valence-electron chi connectivity index (χ3n) is 3.50. The van der Waals surface area contributed by atoms with E-state index in [-0.39, 0.29) is 0 Å². The molecule has 0 saturated carbocycles. The number of guanidine groups is 1. The van der Waals surface area contributed by atoms with Crippen molar-refractivity contribution in [2.45, 2.75) is 26.3 Å². The van der Waals surface area contributed by atoms with E-state index in [0.29, 0.717) is 6.04 Å². The van der Waals surface area contributed by atoms with Crippen molar-refractivity contribution in [1.29, 1.82) is 0 Å². The lowest BCUT2D eigenvalue weighted by atomic mass is 10.2. The van der Waals surface area contributed by atoms with E-state index in [0.717, 1.165) is 25.5 Å². The number of hydrogen-bond donors (Lipinski definition) is 0. The number of nitrogens with zero attached hydrogens (tertiary/aromatic N) is 3. The number of para-hydroxylation sites is 2. The van der Waals surface area contributed by atoms with Crippen LogP contribution in [0.15, 0.2) is 29.3 Å².